The highest BCUT2D eigenvalue weighted by atomic mass is 35.5. The van der Waals surface area contributed by atoms with E-state index in [2.05, 4.69) is 15.2 Å². The molecule has 1 aliphatic heterocycles. The predicted octanol–water partition coefficient (Wildman–Crippen LogP) is 2.48. The van der Waals surface area contributed by atoms with Crippen LogP contribution in [0.15, 0.2) is 48.7 Å². The zero-order valence-electron chi connectivity index (χ0n) is 14.8. The van der Waals surface area contributed by atoms with Gasteiger partial charge in [-0.3, -0.25) is 9.69 Å². The van der Waals surface area contributed by atoms with Gasteiger partial charge in [-0.15, -0.1) is 0 Å². The second kappa shape index (κ2) is 7.68. The smallest absolute Gasteiger partial charge is 0.272 e. The summed E-state index contributed by atoms with van der Waals surface area (Å²) in [5, 5.41) is 13.3. The molecule has 1 aromatic carbocycles. The molecule has 0 spiro atoms. The molecule has 0 saturated carbocycles. The van der Waals surface area contributed by atoms with Crippen LogP contribution in [0.3, 0.4) is 0 Å². The van der Waals surface area contributed by atoms with Crippen LogP contribution in [0.25, 0.3) is 5.52 Å². The number of nitrogens with zero attached hydrogens (tertiary/aromatic N) is 3. The number of amides is 1. The number of aliphatic hydroxyl groups is 1. The molecule has 140 valence electrons. The molecule has 1 atom stereocenters. The summed E-state index contributed by atoms with van der Waals surface area (Å²) in [5.74, 6) is 0.564. The van der Waals surface area contributed by atoms with E-state index in [1.165, 1.54) is 0 Å². The monoisotopic (exact) mass is 384 g/mol. The second-order valence-electron chi connectivity index (χ2n) is 6.78. The van der Waals surface area contributed by atoms with E-state index in [-0.39, 0.29) is 12.0 Å². The van der Waals surface area contributed by atoms with Gasteiger partial charge in [0.2, 0.25) is 0 Å². The number of nitrogens with one attached hydrogen (secondary N) is 1. The van der Waals surface area contributed by atoms with Gasteiger partial charge >= 0.3 is 0 Å². The normalized spacial score (nSPS) is 17.5. The van der Waals surface area contributed by atoms with Gasteiger partial charge in [0, 0.05) is 30.9 Å². The van der Waals surface area contributed by atoms with Gasteiger partial charge in [0.25, 0.3) is 5.91 Å². The summed E-state index contributed by atoms with van der Waals surface area (Å²) in [6.07, 6.45) is 2.40. The lowest BCUT2D eigenvalue weighted by Gasteiger charge is -2.13. The third kappa shape index (κ3) is 3.83. The van der Waals surface area contributed by atoms with Crippen molar-refractivity contribution in [2.45, 2.75) is 25.6 Å². The number of hydrogen-bond donors (Lipinski definition) is 2. The predicted molar refractivity (Wildman–Crippen MR) is 104 cm³/mol. The first-order valence-electron chi connectivity index (χ1n) is 9.00. The maximum atomic E-state index is 12.8. The molecule has 6 nitrogen and oxygen atoms in total. The van der Waals surface area contributed by atoms with Crippen LogP contribution in [0.5, 0.6) is 0 Å². The van der Waals surface area contributed by atoms with Crippen molar-refractivity contribution in [1.29, 1.82) is 0 Å². The van der Waals surface area contributed by atoms with Gasteiger partial charge in [-0.05, 0) is 30.2 Å². The Bertz CT molecular complexity index is 972. The first-order valence-corrected chi connectivity index (χ1v) is 9.37. The second-order valence-corrected chi connectivity index (χ2v) is 7.19. The molecule has 1 saturated heterocycles. The number of pyridine rings is 1. The number of hydrogen-bond acceptors (Lipinski definition) is 4. The molecule has 7 heteroatoms. The number of benzene rings is 1. The first-order chi connectivity index (χ1) is 13.1. The van der Waals surface area contributed by atoms with E-state index in [9.17, 15) is 9.90 Å². The molecule has 2 aromatic heterocycles. The lowest BCUT2D eigenvalue weighted by atomic mass is 10.2. The highest BCUT2D eigenvalue weighted by Crippen LogP contribution is 2.18. The molecule has 0 bridgehead atoms. The third-order valence-electron chi connectivity index (χ3n) is 4.85. The molecule has 4 rings (SSSR count). The van der Waals surface area contributed by atoms with Gasteiger partial charge in [0.15, 0.2) is 5.69 Å². The van der Waals surface area contributed by atoms with Crippen molar-refractivity contribution in [3.63, 3.8) is 0 Å². The fourth-order valence-corrected chi connectivity index (χ4v) is 3.64. The van der Waals surface area contributed by atoms with E-state index in [1.54, 1.807) is 6.07 Å². The summed E-state index contributed by atoms with van der Waals surface area (Å²) < 4.78 is 1.94. The van der Waals surface area contributed by atoms with Crippen LogP contribution in [-0.4, -0.2) is 44.5 Å². The van der Waals surface area contributed by atoms with Crippen molar-refractivity contribution >= 4 is 23.0 Å². The molecule has 1 unspecified atom stereocenters. The van der Waals surface area contributed by atoms with Crippen molar-refractivity contribution < 1.29 is 9.90 Å². The lowest BCUT2D eigenvalue weighted by Crippen LogP contribution is -2.24. The number of imidazole rings is 1. The van der Waals surface area contributed by atoms with Crippen LogP contribution in [0, 0.1) is 0 Å². The quantitative estimate of drug-likeness (QED) is 0.709. The summed E-state index contributed by atoms with van der Waals surface area (Å²) in [6, 6.07) is 13.1. The number of rotatable bonds is 5. The van der Waals surface area contributed by atoms with E-state index in [0.717, 1.165) is 29.9 Å². The average Bonchev–Trinajstić information content (AvgIpc) is 3.25. The Balaban J connectivity index is 1.56. The molecule has 2 N–H and O–H groups in total. The minimum absolute atomic E-state index is 0.230. The summed E-state index contributed by atoms with van der Waals surface area (Å²) in [5.41, 5.74) is 2.03. The molecule has 3 heterocycles. The van der Waals surface area contributed by atoms with Crippen LogP contribution in [0.4, 0.5) is 0 Å². The molecular weight excluding hydrogens is 364 g/mol. The maximum absolute atomic E-state index is 12.8. The zero-order chi connectivity index (χ0) is 18.8. The van der Waals surface area contributed by atoms with E-state index in [0.29, 0.717) is 30.4 Å². The average molecular weight is 385 g/mol. The van der Waals surface area contributed by atoms with Gasteiger partial charge in [0.05, 0.1) is 18.2 Å². The van der Waals surface area contributed by atoms with Gasteiger partial charge in [-0.1, -0.05) is 35.9 Å². The Morgan fingerprint density at radius 1 is 1.26 bits per heavy atom. The van der Waals surface area contributed by atoms with Crippen molar-refractivity contribution in [1.82, 2.24) is 19.6 Å². The first kappa shape index (κ1) is 18.0. The van der Waals surface area contributed by atoms with Crippen molar-refractivity contribution in [2.24, 2.45) is 0 Å². The fourth-order valence-electron chi connectivity index (χ4n) is 3.44. The Hall–Kier alpha value is -2.41. The van der Waals surface area contributed by atoms with E-state index < -0.39 is 0 Å². The zero-order valence-corrected chi connectivity index (χ0v) is 15.6. The number of carbonyl (C=O) groups is 1. The molecule has 3 aromatic rings. The summed E-state index contributed by atoms with van der Waals surface area (Å²) in [6.45, 7) is 2.41. The number of aromatic nitrogens is 2. The van der Waals surface area contributed by atoms with Crippen LogP contribution in [0.2, 0.25) is 5.02 Å². The maximum Gasteiger partial charge on any atom is 0.272 e. The van der Waals surface area contributed by atoms with Gasteiger partial charge < -0.3 is 14.8 Å². The summed E-state index contributed by atoms with van der Waals surface area (Å²) >= 11 is 6.16. The minimum atomic E-state index is -0.283. The minimum Gasteiger partial charge on any atom is -0.392 e. The van der Waals surface area contributed by atoms with Crippen molar-refractivity contribution in [2.75, 3.05) is 13.1 Å². The number of likely N-dealkylation sites (tertiary alicyclic amines) is 1. The van der Waals surface area contributed by atoms with Crippen LogP contribution < -0.4 is 5.32 Å². The highest BCUT2D eigenvalue weighted by molar-refractivity contribution is 6.31. The van der Waals surface area contributed by atoms with E-state index in [1.807, 2.05) is 47.0 Å². The fraction of sp³-hybridized carbons (Fsp3) is 0.300. The molecule has 27 heavy (non-hydrogen) atoms. The Morgan fingerprint density at radius 2 is 2.07 bits per heavy atom. The third-order valence-corrected chi connectivity index (χ3v) is 5.22. The highest BCUT2D eigenvalue weighted by Gasteiger charge is 2.23. The number of aliphatic hydroxyl groups excluding tert-OH is 1. The summed E-state index contributed by atoms with van der Waals surface area (Å²) in [7, 11) is 0. The Kier molecular flexibility index (Phi) is 5.11. The number of halogens is 1. The van der Waals surface area contributed by atoms with Gasteiger partial charge in [0.1, 0.15) is 5.82 Å². The standard InChI is InChI=1S/C20H21ClN4O2/c21-16-6-2-1-5-14(16)11-22-20(27)19-17-7-3-4-9-25(17)18(23-19)13-24-10-8-15(26)12-24/h1-7,9,15,26H,8,10-13H2,(H,22,27). The van der Waals surface area contributed by atoms with Crippen molar-refractivity contribution in [3.05, 3.63) is 70.8 Å². The lowest BCUT2D eigenvalue weighted by molar-refractivity contribution is 0.0947. The van der Waals surface area contributed by atoms with Gasteiger partial charge in [-0.25, -0.2) is 4.98 Å². The molecule has 0 radical (unpaired) electrons. The number of fused-ring (bicyclic) bond motifs is 1. The molecule has 1 aliphatic rings. The van der Waals surface area contributed by atoms with Crippen LogP contribution in [-0.2, 0) is 13.1 Å². The molecular formula is C20H21ClN4O2. The number of β-amino-alcohol motifs (C(OH)–C–C–N with tert-alkyl or cyclic N) is 1. The van der Waals surface area contributed by atoms with E-state index in [4.69, 9.17) is 11.6 Å². The van der Waals surface area contributed by atoms with Crippen molar-refractivity contribution in [3.8, 4) is 0 Å². The topological polar surface area (TPSA) is 69.9 Å². The van der Waals surface area contributed by atoms with Crippen LogP contribution in [0.1, 0.15) is 28.3 Å². The Morgan fingerprint density at radius 3 is 2.85 bits per heavy atom. The number of carbonyl (C=O) groups excluding carboxylic acids is 1. The molecule has 1 fully saturated rings. The Labute approximate surface area is 162 Å². The van der Waals surface area contributed by atoms with Crippen LogP contribution >= 0.6 is 11.6 Å². The van der Waals surface area contributed by atoms with E-state index >= 15 is 0 Å². The SMILES string of the molecule is O=C(NCc1ccccc1Cl)c1nc(CN2CCC(O)C2)n2ccccc12. The summed E-state index contributed by atoms with van der Waals surface area (Å²) in [4.78, 5) is 19.5. The largest absolute Gasteiger partial charge is 0.392 e. The molecule has 0 aliphatic carbocycles. The van der Waals surface area contributed by atoms with Gasteiger partial charge in [-0.2, -0.15) is 0 Å². The molecule has 1 amide bonds.